The molecule has 22 heavy (non-hydrogen) atoms. The van der Waals surface area contributed by atoms with Crippen LogP contribution >= 0.6 is 0 Å². The Morgan fingerprint density at radius 2 is 1.05 bits per heavy atom. The van der Waals surface area contributed by atoms with Crippen molar-refractivity contribution in [2.45, 2.75) is 46.0 Å². The largest absolute Gasteiger partial charge is 0.379 e. The number of hydrogen-bond acceptors (Lipinski definition) is 4. The number of rotatable bonds is 2. The van der Waals surface area contributed by atoms with E-state index in [-0.39, 0.29) is 0 Å². The number of nitrogens with zero attached hydrogens (tertiary/aromatic N) is 3. The summed E-state index contributed by atoms with van der Waals surface area (Å²) in [6.45, 7) is 16.4. The zero-order valence-corrected chi connectivity index (χ0v) is 15.4. The highest BCUT2D eigenvalue weighted by molar-refractivity contribution is 4.63. The molecule has 0 aromatic carbocycles. The molecule has 0 aliphatic carbocycles. The topological polar surface area (TPSA) is 19.0 Å². The van der Waals surface area contributed by atoms with E-state index in [2.05, 4.69) is 35.6 Å². The predicted octanol–water partition coefficient (Wildman–Crippen LogP) is 2.54. The Morgan fingerprint density at radius 3 is 1.32 bits per heavy atom. The quantitative estimate of drug-likeness (QED) is 0.780. The lowest BCUT2D eigenvalue weighted by atomic mass is 10.1. The molecule has 4 heteroatoms. The molecule has 4 nitrogen and oxygen atoms in total. The van der Waals surface area contributed by atoms with E-state index in [1.807, 2.05) is 0 Å². The summed E-state index contributed by atoms with van der Waals surface area (Å²) in [5.41, 5.74) is 0. The molecule has 0 spiro atoms. The van der Waals surface area contributed by atoms with Gasteiger partial charge in [0, 0.05) is 13.1 Å². The maximum atomic E-state index is 5.10. The third-order valence-corrected chi connectivity index (χ3v) is 4.78. The molecule has 0 saturated carbocycles. The third-order valence-electron chi connectivity index (χ3n) is 4.78. The van der Waals surface area contributed by atoms with E-state index in [1.54, 1.807) is 0 Å². The third kappa shape index (κ3) is 9.78. The van der Waals surface area contributed by atoms with Gasteiger partial charge in [-0.25, -0.2) is 0 Å². The van der Waals surface area contributed by atoms with Crippen molar-refractivity contribution in [3.63, 3.8) is 0 Å². The van der Waals surface area contributed by atoms with Gasteiger partial charge in [-0.05, 0) is 72.0 Å². The van der Waals surface area contributed by atoms with E-state index in [0.717, 1.165) is 26.3 Å². The second-order valence-electron chi connectivity index (χ2n) is 6.55. The molecule has 3 heterocycles. The van der Waals surface area contributed by atoms with Gasteiger partial charge in [-0.3, -0.25) is 0 Å². The Bertz CT molecular complexity index is 232. The number of morpholine rings is 1. The first-order valence-electron chi connectivity index (χ1n) is 9.47. The van der Waals surface area contributed by atoms with Crippen molar-refractivity contribution >= 4 is 0 Å². The fraction of sp³-hybridized carbons (Fsp3) is 1.00. The summed E-state index contributed by atoms with van der Waals surface area (Å²) in [7, 11) is 2.11. The van der Waals surface area contributed by atoms with Crippen LogP contribution in [0.2, 0.25) is 0 Å². The average molecular weight is 314 g/mol. The molecule has 0 radical (unpaired) electrons. The minimum atomic E-state index is 0.913. The van der Waals surface area contributed by atoms with Gasteiger partial charge in [-0.15, -0.1) is 0 Å². The van der Waals surface area contributed by atoms with Gasteiger partial charge >= 0.3 is 0 Å². The maximum absolute atomic E-state index is 5.10. The van der Waals surface area contributed by atoms with Crippen LogP contribution in [0.5, 0.6) is 0 Å². The molecule has 3 aliphatic rings. The fourth-order valence-corrected chi connectivity index (χ4v) is 3.03. The summed E-state index contributed by atoms with van der Waals surface area (Å²) in [4.78, 5) is 7.27. The Balaban J connectivity index is 0.000000166. The van der Waals surface area contributed by atoms with E-state index < -0.39 is 0 Å². The molecule has 0 bridgehead atoms. The minimum absolute atomic E-state index is 0.913. The Labute approximate surface area is 138 Å². The normalized spacial score (nSPS) is 24.1. The molecule has 132 valence electrons. The number of hydrogen-bond donors (Lipinski definition) is 0. The first kappa shape index (κ1) is 19.9. The molecule has 3 aliphatic heterocycles. The molecule has 0 aromatic heterocycles. The molecule has 0 amide bonds. The van der Waals surface area contributed by atoms with Gasteiger partial charge in [0.1, 0.15) is 0 Å². The zero-order chi connectivity index (χ0) is 16.0. The number of likely N-dealkylation sites (tertiary alicyclic amines) is 2. The smallest absolute Gasteiger partial charge is 0.0594 e. The van der Waals surface area contributed by atoms with Crippen LogP contribution < -0.4 is 0 Å². The van der Waals surface area contributed by atoms with Crippen molar-refractivity contribution in [3.8, 4) is 0 Å². The predicted molar refractivity (Wildman–Crippen MR) is 95.6 cm³/mol. The molecule has 3 saturated heterocycles. The van der Waals surface area contributed by atoms with Gasteiger partial charge < -0.3 is 19.4 Å². The van der Waals surface area contributed by atoms with Crippen molar-refractivity contribution in [2.75, 3.05) is 72.6 Å². The van der Waals surface area contributed by atoms with Crippen molar-refractivity contribution in [3.05, 3.63) is 0 Å². The lowest BCUT2D eigenvalue weighted by Gasteiger charge is -2.24. The number of piperidine rings is 1. The van der Waals surface area contributed by atoms with Gasteiger partial charge in [0.15, 0.2) is 0 Å². The Morgan fingerprint density at radius 1 is 0.636 bits per heavy atom. The van der Waals surface area contributed by atoms with Gasteiger partial charge in [0.2, 0.25) is 0 Å². The molecule has 3 rings (SSSR count). The number of ether oxygens (including phenoxy) is 1. The summed E-state index contributed by atoms with van der Waals surface area (Å²) in [5, 5.41) is 0. The van der Waals surface area contributed by atoms with Crippen molar-refractivity contribution in [2.24, 2.45) is 0 Å². The summed E-state index contributed by atoms with van der Waals surface area (Å²) in [6.07, 6.45) is 7.15. The lowest BCUT2D eigenvalue weighted by molar-refractivity contribution is 0.0503. The van der Waals surface area contributed by atoms with Crippen LogP contribution in [0, 0.1) is 0 Å². The van der Waals surface area contributed by atoms with Crippen LogP contribution in [0.15, 0.2) is 0 Å². The van der Waals surface area contributed by atoms with E-state index in [9.17, 15) is 0 Å². The van der Waals surface area contributed by atoms with Crippen LogP contribution in [-0.4, -0.2) is 87.3 Å². The molecule has 0 N–H and O–H groups in total. The van der Waals surface area contributed by atoms with E-state index in [0.29, 0.717) is 0 Å². The van der Waals surface area contributed by atoms with Crippen LogP contribution in [0.4, 0.5) is 0 Å². The summed E-state index contributed by atoms with van der Waals surface area (Å²) < 4.78 is 5.10. The number of likely N-dealkylation sites (N-methyl/N-ethyl adjacent to an activating group) is 1. The van der Waals surface area contributed by atoms with E-state index in [4.69, 9.17) is 4.74 Å². The first-order chi connectivity index (χ1) is 10.8. The van der Waals surface area contributed by atoms with Gasteiger partial charge in [-0.2, -0.15) is 0 Å². The second kappa shape index (κ2) is 13.3. The molecular formula is C18H39N3O. The second-order valence-corrected chi connectivity index (χ2v) is 6.55. The van der Waals surface area contributed by atoms with Gasteiger partial charge in [0.05, 0.1) is 13.2 Å². The Kier molecular flexibility index (Phi) is 12.0. The van der Waals surface area contributed by atoms with Crippen molar-refractivity contribution in [1.82, 2.24) is 14.7 Å². The van der Waals surface area contributed by atoms with Gasteiger partial charge in [0.25, 0.3) is 0 Å². The fourth-order valence-electron chi connectivity index (χ4n) is 3.03. The monoisotopic (exact) mass is 313 g/mol. The SMILES string of the molecule is CCN1CCCC1.CCN1CCCCC1.CN1CCOCC1. The summed E-state index contributed by atoms with van der Waals surface area (Å²) >= 11 is 0. The van der Waals surface area contributed by atoms with Gasteiger partial charge in [-0.1, -0.05) is 20.3 Å². The highest BCUT2D eigenvalue weighted by Crippen LogP contribution is 2.06. The van der Waals surface area contributed by atoms with Crippen molar-refractivity contribution < 1.29 is 4.74 Å². The standard InChI is InChI=1S/C7H15N.C6H13N.C5H11NO/c1-2-8-6-4-3-5-7-8;1-2-7-5-3-4-6-7;1-6-2-4-7-5-3-6/h2-7H2,1H3;2-6H2,1H3;2-5H2,1H3. The minimum Gasteiger partial charge on any atom is -0.379 e. The molecule has 0 atom stereocenters. The lowest BCUT2D eigenvalue weighted by Crippen LogP contribution is -2.32. The Hall–Kier alpha value is -0.160. The molecule has 3 fully saturated rings. The highest BCUT2D eigenvalue weighted by atomic mass is 16.5. The molecule has 0 aromatic rings. The zero-order valence-electron chi connectivity index (χ0n) is 15.4. The first-order valence-corrected chi connectivity index (χ1v) is 9.47. The summed E-state index contributed by atoms with van der Waals surface area (Å²) in [5.74, 6) is 0. The van der Waals surface area contributed by atoms with Crippen molar-refractivity contribution in [1.29, 1.82) is 0 Å². The van der Waals surface area contributed by atoms with Crippen LogP contribution in [0.25, 0.3) is 0 Å². The van der Waals surface area contributed by atoms with Crippen LogP contribution in [-0.2, 0) is 4.74 Å². The highest BCUT2D eigenvalue weighted by Gasteiger charge is 2.07. The van der Waals surface area contributed by atoms with Crippen LogP contribution in [0.1, 0.15) is 46.0 Å². The van der Waals surface area contributed by atoms with E-state index in [1.165, 1.54) is 71.4 Å². The van der Waals surface area contributed by atoms with E-state index >= 15 is 0 Å². The molecular weight excluding hydrogens is 274 g/mol. The molecule has 0 unspecified atom stereocenters. The maximum Gasteiger partial charge on any atom is 0.0594 e. The van der Waals surface area contributed by atoms with Crippen LogP contribution in [0.3, 0.4) is 0 Å². The summed E-state index contributed by atoms with van der Waals surface area (Å²) in [6, 6.07) is 0. The average Bonchev–Trinajstić information content (AvgIpc) is 3.11.